The van der Waals surface area contributed by atoms with Crippen molar-refractivity contribution in [3.8, 4) is 0 Å². The van der Waals surface area contributed by atoms with Gasteiger partial charge in [-0.25, -0.2) is 0 Å². The molecule has 2 rings (SSSR count). The monoisotopic (exact) mass is 307 g/mol. The van der Waals surface area contributed by atoms with Crippen LogP contribution in [0.1, 0.15) is 36.0 Å². The third-order valence-electron chi connectivity index (χ3n) is 4.07. The highest BCUT2D eigenvalue weighted by Gasteiger charge is 2.26. The molecule has 1 amide bonds. The average Bonchev–Trinajstić information content (AvgIpc) is 2.47. The van der Waals surface area contributed by atoms with Crippen LogP contribution in [0.3, 0.4) is 0 Å². The van der Waals surface area contributed by atoms with Gasteiger partial charge in [-0.3, -0.25) is 4.79 Å². The number of hydrogen-bond acceptors (Lipinski definition) is 4. The summed E-state index contributed by atoms with van der Waals surface area (Å²) in [5.74, 6) is -0.0167. The quantitative estimate of drug-likeness (QED) is 0.840. The van der Waals surface area contributed by atoms with Gasteiger partial charge in [-0.15, -0.1) is 0 Å². The second kappa shape index (κ2) is 7.07. The van der Waals surface area contributed by atoms with Gasteiger partial charge < -0.3 is 16.0 Å². The Morgan fingerprint density at radius 2 is 2.05 bits per heavy atom. The lowest BCUT2D eigenvalue weighted by molar-refractivity contribution is 0.0930. The van der Waals surface area contributed by atoms with Crippen molar-refractivity contribution in [1.82, 2.24) is 5.32 Å². The third kappa shape index (κ3) is 3.84. The normalized spacial score (nSPS) is 21.9. The van der Waals surface area contributed by atoms with Crippen LogP contribution in [0.2, 0.25) is 0 Å². The van der Waals surface area contributed by atoms with Crippen LogP contribution in [0.15, 0.2) is 18.2 Å². The Kier molecular flexibility index (Phi) is 5.39. The number of anilines is 2. The number of thioether (sulfide) groups is 1. The van der Waals surface area contributed by atoms with Gasteiger partial charge in [0.05, 0.1) is 5.56 Å². The van der Waals surface area contributed by atoms with Crippen molar-refractivity contribution in [3.05, 3.63) is 23.8 Å². The predicted molar refractivity (Wildman–Crippen MR) is 92.2 cm³/mol. The summed E-state index contributed by atoms with van der Waals surface area (Å²) in [6, 6.07) is 5.76. The molecule has 0 aliphatic heterocycles. The van der Waals surface area contributed by atoms with Crippen molar-refractivity contribution >= 4 is 29.0 Å². The molecule has 21 heavy (non-hydrogen) atoms. The zero-order chi connectivity index (χ0) is 15.4. The van der Waals surface area contributed by atoms with Gasteiger partial charge in [0.15, 0.2) is 0 Å². The molecule has 5 heteroatoms. The van der Waals surface area contributed by atoms with E-state index in [2.05, 4.69) is 11.6 Å². The highest BCUT2D eigenvalue weighted by atomic mass is 32.2. The predicted octanol–water partition coefficient (Wildman–Crippen LogP) is 2.74. The van der Waals surface area contributed by atoms with Gasteiger partial charge in [0, 0.05) is 36.8 Å². The third-order valence-corrected chi connectivity index (χ3v) is 5.24. The minimum absolute atomic E-state index is 0.0167. The van der Waals surface area contributed by atoms with E-state index in [1.165, 1.54) is 19.3 Å². The number of carbonyl (C=O) groups is 1. The number of rotatable bonds is 4. The molecule has 2 atom stereocenters. The van der Waals surface area contributed by atoms with Gasteiger partial charge in [-0.2, -0.15) is 11.8 Å². The molecule has 1 aliphatic carbocycles. The van der Waals surface area contributed by atoms with Gasteiger partial charge in [0.2, 0.25) is 0 Å². The van der Waals surface area contributed by atoms with Crippen molar-refractivity contribution < 1.29 is 4.79 Å². The molecule has 1 aliphatic rings. The number of nitrogens with two attached hydrogens (primary N) is 1. The molecule has 1 aromatic carbocycles. The van der Waals surface area contributed by atoms with Crippen LogP contribution >= 0.6 is 11.8 Å². The van der Waals surface area contributed by atoms with Crippen molar-refractivity contribution in [2.45, 2.75) is 37.0 Å². The molecule has 1 saturated carbocycles. The second-order valence-corrected chi connectivity index (χ2v) is 6.89. The van der Waals surface area contributed by atoms with Crippen molar-refractivity contribution in [3.63, 3.8) is 0 Å². The van der Waals surface area contributed by atoms with Crippen LogP contribution in [0.5, 0.6) is 0 Å². The van der Waals surface area contributed by atoms with Crippen LogP contribution < -0.4 is 16.0 Å². The SMILES string of the molecule is CSC1CCCCC1NC(=O)c1cc(N)ccc1N(C)C. The van der Waals surface area contributed by atoms with Gasteiger partial charge >= 0.3 is 0 Å². The molecule has 0 heterocycles. The molecule has 3 N–H and O–H groups in total. The van der Waals surface area contributed by atoms with Crippen LogP contribution in [0, 0.1) is 0 Å². The maximum atomic E-state index is 12.6. The van der Waals surface area contributed by atoms with E-state index < -0.39 is 0 Å². The Balaban J connectivity index is 2.17. The molecular formula is C16H25N3OS. The fraction of sp³-hybridized carbons (Fsp3) is 0.562. The molecule has 1 fully saturated rings. The maximum absolute atomic E-state index is 12.6. The first kappa shape index (κ1) is 16.0. The Labute approximate surface area is 131 Å². The molecule has 0 bridgehead atoms. The number of hydrogen-bond donors (Lipinski definition) is 2. The minimum atomic E-state index is -0.0167. The van der Waals surface area contributed by atoms with E-state index >= 15 is 0 Å². The zero-order valence-corrected chi connectivity index (χ0v) is 13.9. The summed E-state index contributed by atoms with van der Waals surface area (Å²) in [4.78, 5) is 14.6. The Morgan fingerprint density at radius 3 is 2.71 bits per heavy atom. The van der Waals surface area contributed by atoms with E-state index in [4.69, 9.17) is 5.73 Å². The summed E-state index contributed by atoms with van der Waals surface area (Å²) in [6.07, 6.45) is 6.83. The van der Waals surface area contributed by atoms with Crippen LogP contribution in [0.4, 0.5) is 11.4 Å². The second-order valence-electron chi connectivity index (χ2n) is 5.81. The van der Waals surface area contributed by atoms with Crippen molar-refractivity contribution in [2.75, 3.05) is 31.0 Å². The summed E-state index contributed by atoms with van der Waals surface area (Å²) >= 11 is 1.85. The highest BCUT2D eigenvalue weighted by Crippen LogP contribution is 2.28. The first-order chi connectivity index (χ1) is 10.0. The molecule has 0 radical (unpaired) electrons. The summed E-state index contributed by atoms with van der Waals surface area (Å²) in [5, 5.41) is 3.74. The number of benzene rings is 1. The highest BCUT2D eigenvalue weighted by molar-refractivity contribution is 7.99. The molecular weight excluding hydrogens is 282 g/mol. The fourth-order valence-electron chi connectivity index (χ4n) is 2.92. The summed E-state index contributed by atoms with van der Waals surface area (Å²) in [5.41, 5.74) is 8.03. The number of nitrogens with one attached hydrogen (secondary N) is 1. The summed E-state index contributed by atoms with van der Waals surface area (Å²) < 4.78 is 0. The molecule has 0 spiro atoms. The first-order valence-corrected chi connectivity index (χ1v) is 8.72. The first-order valence-electron chi connectivity index (χ1n) is 7.43. The largest absolute Gasteiger partial charge is 0.399 e. The van der Waals surface area contributed by atoms with E-state index in [-0.39, 0.29) is 11.9 Å². The van der Waals surface area contributed by atoms with Gasteiger partial charge in [0.1, 0.15) is 0 Å². The molecule has 0 saturated heterocycles. The van der Waals surface area contributed by atoms with Crippen LogP contribution in [-0.2, 0) is 0 Å². The number of carbonyl (C=O) groups excluding carboxylic acids is 1. The van der Waals surface area contributed by atoms with Crippen LogP contribution in [0.25, 0.3) is 0 Å². The number of amides is 1. The standard InChI is InChI=1S/C16H25N3OS/c1-19(2)14-9-8-11(17)10-12(14)16(20)18-13-6-4-5-7-15(13)21-3/h8-10,13,15H,4-7,17H2,1-3H3,(H,18,20). The Morgan fingerprint density at radius 1 is 1.33 bits per heavy atom. The lowest BCUT2D eigenvalue weighted by Gasteiger charge is -2.31. The molecule has 4 nitrogen and oxygen atoms in total. The van der Waals surface area contributed by atoms with E-state index in [0.29, 0.717) is 16.5 Å². The minimum Gasteiger partial charge on any atom is -0.399 e. The van der Waals surface area contributed by atoms with E-state index in [1.807, 2.05) is 42.9 Å². The van der Waals surface area contributed by atoms with Gasteiger partial charge in [-0.05, 0) is 37.3 Å². The van der Waals surface area contributed by atoms with E-state index in [0.717, 1.165) is 12.1 Å². The van der Waals surface area contributed by atoms with E-state index in [9.17, 15) is 4.79 Å². The Bertz CT molecular complexity index is 504. The van der Waals surface area contributed by atoms with E-state index in [1.54, 1.807) is 6.07 Å². The topological polar surface area (TPSA) is 58.4 Å². The lowest BCUT2D eigenvalue weighted by Crippen LogP contribution is -2.44. The maximum Gasteiger partial charge on any atom is 0.253 e. The molecule has 1 aromatic rings. The smallest absolute Gasteiger partial charge is 0.253 e. The van der Waals surface area contributed by atoms with Crippen LogP contribution in [-0.4, -0.2) is 37.6 Å². The summed E-state index contributed by atoms with van der Waals surface area (Å²) in [6.45, 7) is 0. The summed E-state index contributed by atoms with van der Waals surface area (Å²) in [7, 11) is 3.88. The van der Waals surface area contributed by atoms with Crippen molar-refractivity contribution in [1.29, 1.82) is 0 Å². The Hall–Kier alpha value is -1.36. The molecule has 2 unspecified atom stereocenters. The number of nitrogen functional groups attached to an aromatic ring is 1. The van der Waals surface area contributed by atoms with Crippen molar-refractivity contribution in [2.24, 2.45) is 0 Å². The zero-order valence-electron chi connectivity index (χ0n) is 13.1. The molecule has 0 aromatic heterocycles. The van der Waals surface area contributed by atoms with Gasteiger partial charge in [-0.1, -0.05) is 12.8 Å². The lowest BCUT2D eigenvalue weighted by atomic mass is 9.94. The fourth-order valence-corrected chi connectivity index (χ4v) is 3.85. The molecule has 116 valence electrons. The average molecular weight is 307 g/mol. The number of nitrogens with zero attached hydrogens (tertiary/aromatic N) is 1. The van der Waals surface area contributed by atoms with Gasteiger partial charge in [0.25, 0.3) is 5.91 Å².